The summed E-state index contributed by atoms with van der Waals surface area (Å²) in [5.74, 6) is -0.594. The van der Waals surface area contributed by atoms with Gasteiger partial charge in [-0.25, -0.2) is 9.97 Å². The number of nitrogens with two attached hydrogens (primary N) is 1. The Morgan fingerprint density at radius 2 is 2.11 bits per heavy atom. The first-order valence-corrected chi connectivity index (χ1v) is 9.87. The van der Waals surface area contributed by atoms with Gasteiger partial charge in [0, 0.05) is 43.7 Å². The maximum Gasteiger partial charge on any atom is 0.301 e. The minimum atomic E-state index is -3.62. The molecular formula is C18H20N6O3S. The van der Waals surface area contributed by atoms with Gasteiger partial charge in [0.25, 0.3) is 0 Å². The second kappa shape index (κ2) is 7.87. The van der Waals surface area contributed by atoms with E-state index in [1.807, 2.05) is 6.08 Å². The Labute approximate surface area is 163 Å². The molecule has 0 fully saturated rings. The van der Waals surface area contributed by atoms with E-state index in [2.05, 4.69) is 19.7 Å². The molecule has 1 aliphatic rings. The summed E-state index contributed by atoms with van der Waals surface area (Å²) in [6.45, 7) is 0. The predicted molar refractivity (Wildman–Crippen MR) is 104 cm³/mol. The second-order valence-corrected chi connectivity index (χ2v) is 8.24. The quantitative estimate of drug-likeness (QED) is 0.692. The third kappa shape index (κ3) is 4.24. The number of ketones is 1. The van der Waals surface area contributed by atoms with Crippen LogP contribution >= 0.6 is 0 Å². The fourth-order valence-corrected chi connectivity index (χ4v) is 3.20. The van der Waals surface area contributed by atoms with E-state index in [0.29, 0.717) is 23.4 Å². The first kappa shape index (κ1) is 19.6. The number of hydrogen-bond acceptors (Lipinski definition) is 7. The van der Waals surface area contributed by atoms with Crippen LogP contribution in [-0.2, 0) is 10.2 Å². The van der Waals surface area contributed by atoms with Crippen LogP contribution in [0.25, 0.3) is 0 Å². The smallest absolute Gasteiger partial charge is 0.301 e. The Balaban J connectivity index is 1.90. The number of carbonyl (C=O) groups is 1. The number of aromatic nitrogens is 3. The Bertz CT molecular complexity index is 1050. The van der Waals surface area contributed by atoms with Crippen LogP contribution < -0.4 is 10.5 Å². The van der Waals surface area contributed by atoms with E-state index in [9.17, 15) is 13.2 Å². The van der Waals surface area contributed by atoms with Gasteiger partial charge in [0.05, 0.1) is 11.9 Å². The number of allylic oxidation sites excluding steroid dienone is 3. The molecule has 146 valence electrons. The van der Waals surface area contributed by atoms with Gasteiger partial charge >= 0.3 is 10.2 Å². The van der Waals surface area contributed by atoms with Crippen molar-refractivity contribution < 1.29 is 13.2 Å². The van der Waals surface area contributed by atoms with Crippen LogP contribution in [0.15, 0.2) is 54.6 Å². The molecule has 3 rings (SSSR count). The van der Waals surface area contributed by atoms with Gasteiger partial charge in [0.15, 0.2) is 11.5 Å². The summed E-state index contributed by atoms with van der Waals surface area (Å²) in [7, 11) is -0.743. The first-order chi connectivity index (χ1) is 13.3. The molecule has 0 radical (unpaired) electrons. The Kier molecular flexibility index (Phi) is 5.52. The number of carbonyl (C=O) groups excluding carboxylic acids is 1. The Morgan fingerprint density at radius 1 is 1.32 bits per heavy atom. The normalized spacial score (nSPS) is 16.7. The van der Waals surface area contributed by atoms with Gasteiger partial charge in [-0.15, -0.1) is 0 Å². The monoisotopic (exact) mass is 400 g/mol. The van der Waals surface area contributed by atoms with Gasteiger partial charge in [-0.2, -0.15) is 12.7 Å². The van der Waals surface area contributed by atoms with Crippen molar-refractivity contribution in [2.24, 2.45) is 0 Å². The molecule has 0 saturated carbocycles. The average Bonchev–Trinajstić information content (AvgIpc) is 2.68. The van der Waals surface area contributed by atoms with Crippen molar-refractivity contribution in [3.8, 4) is 0 Å². The lowest BCUT2D eigenvalue weighted by Gasteiger charge is -2.19. The van der Waals surface area contributed by atoms with Gasteiger partial charge in [0.1, 0.15) is 0 Å². The molecule has 0 aromatic carbocycles. The standard InChI is InChI=1S/C18H20N6O3S/c1-24(2)28(26,27)23-14-7-3-5-12(9-14)15-11-21-18(19)16(22-15)17(25)13-6-4-8-20-10-13/h3-4,6-12,23H,5H2,1-2H3,(H2,19,21). The van der Waals surface area contributed by atoms with Gasteiger partial charge in [0.2, 0.25) is 5.78 Å². The predicted octanol–water partition coefficient (Wildman–Crippen LogP) is 1.01. The molecule has 1 aliphatic carbocycles. The number of rotatable bonds is 6. The van der Waals surface area contributed by atoms with Crippen molar-refractivity contribution in [1.82, 2.24) is 24.0 Å². The summed E-state index contributed by atoms with van der Waals surface area (Å²) in [5.41, 5.74) is 7.21. The molecular weight excluding hydrogens is 380 g/mol. The van der Waals surface area contributed by atoms with E-state index in [1.165, 1.54) is 26.5 Å². The summed E-state index contributed by atoms with van der Waals surface area (Å²) < 4.78 is 27.6. The van der Waals surface area contributed by atoms with Crippen LogP contribution in [0.2, 0.25) is 0 Å². The summed E-state index contributed by atoms with van der Waals surface area (Å²) in [4.78, 5) is 25.1. The minimum Gasteiger partial charge on any atom is -0.382 e. The average molecular weight is 400 g/mol. The van der Waals surface area contributed by atoms with E-state index in [-0.39, 0.29) is 23.2 Å². The van der Waals surface area contributed by atoms with Crippen LogP contribution in [-0.4, -0.2) is 47.6 Å². The number of pyridine rings is 1. The fourth-order valence-electron chi connectivity index (χ4n) is 2.59. The molecule has 2 aromatic rings. The third-order valence-electron chi connectivity index (χ3n) is 4.13. The van der Waals surface area contributed by atoms with Crippen LogP contribution in [0, 0.1) is 0 Å². The summed E-state index contributed by atoms with van der Waals surface area (Å²) >= 11 is 0. The van der Waals surface area contributed by atoms with E-state index >= 15 is 0 Å². The molecule has 10 heteroatoms. The minimum absolute atomic E-state index is 0.0291. The van der Waals surface area contributed by atoms with E-state index in [4.69, 9.17) is 5.73 Å². The highest BCUT2D eigenvalue weighted by molar-refractivity contribution is 7.87. The van der Waals surface area contributed by atoms with Crippen LogP contribution in [0.4, 0.5) is 5.82 Å². The summed E-state index contributed by atoms with van der Waals surface area (Å²) in [5, 5.41) is 0. The molecule has 9 nitrogen and oxygen atoms in total. The van der Waals surface area contributed by atoms with Crippen molar-refractivity contribution in [3.63, 3.8) is 0 Å². The lowest BCUT2D eigenvalue weighted by atomic mass is 9.96. The van der Waals surface area contributed by atoms with Gasteiger partial charge in [-0.3, -0.25) is 14.5 Å². The second-order valence-electron chi connectivity index (χ2n) is 6.36. The molecule has 0 amide bonds. The molecule has 1 unspecified atom stereocenters. The highest BCUT2D eigenvalue weighted by Gasteiger charge is 2.22. The molecule has 0 saturated heterocycles. The van der Waals surface area contributed by atoms with E-state index in [0.717, 1.165) is 4.31 Å². The molecule has 1 atom stereocenters. The molecule has 28 heavy (non-hydrogen) atoms. The maximum atomic E-state index is 12.7. The van der Waals surface area contributed by atoms with Crippen LogP contribution in [0.1, 0.15) is 34.1 Å². The summed E-state index contributed by atoms with van der Waals surface area (Å²) in [6.07, 6.45) is 10.3. The third-order valence-corrected chi connectivity index (χ3v) is 5.59. The van der Waals surface area contributed by atoms with Crippen molar-refractivity contribution in [1.29, 1.82) is 0 Å². The van der Waals surface area contributed by atoms with Gasteiger partial charge in [-0.05, 0) is 24.6 Å². The zero-order valence-corrected chi connectivity index (χ0v) is 16.2. The number of nitrogen functional groups attached to an aromatic ring is 1. The molecule has 0 aliphatic heterocycles. The van der Waals surface area contributed by atoms with Crippen LogP contribution in [0.3, 0.4) is 0 Å². The van der Waals surface area contributed by atoms with Crippen molar-refractivity contribution in [2.75, 3.05) is 19.8 Å². The van der Waals surface area contributed by atoms with Crippen molar-refractivity contribution in [2.45, 2.75) is 12.3 Å². The van der Waals surface area contributed by atoms with Crippen molar-refractivity contribution >= 4 is 21.8 Å². The summed E-state index contributed by atoms with van der Waals surface area (Å²) in [6, 6.07) is 3.28. The number of nitrogens with zero attached hydrogens (tertiary/aromatic N) is 4. The molecule has 0 spiro atoms. The molecule has 2 heterocycles. The van der Waals surface area contributed by atoms with Gasteiger partial charge in [-0.1, -0.05) is 12.2 Å². The van der Waals surface area contributed by atoms with Crippen molar-refractivity contribution in [3.05, 3.63) is 71.6 Å². The largest absolute Gasteiger partial charge is 0.382 e. The lowest BCUT2D eigenvalue weighted by molar-refractivity contribution is 0.103. The highest BCUT2D eigenvalue weighted by Crippen LogP contribution is 2.26. The maximum absolute atomic E-state index is 12.7. The first-order valence-electron chi connectivity index (χ1n) is 8.43. The molecule has 0 bridgehead atoms. The zero-order valence-electron chi connectivity index (χ0n) is 15.4. The number of nitrogens with one attached hydrogen (secondary N) is 1. The number of anilines is 1. The fraction of sp³-hybridized carbons (Fsp3) is 0.222. The molecule has 3 N–H and O–H groups in total. The molecule has 2 aromatic heterocycles. The van der Waals surface area contributed by atoms with Crippen LogP contribution in [0.5, 0.6) is 0 Å². The highest BCUT2D eigenvalue weighted by atomic mass is 32.2. The zero-order chi connectivity index (χ0) is 20.3. The SMILES string of the molecule is CN(C)S(=O)(=O)NC1=CC(c2cnc(N)c(C(=O)c3cccnc3)n2)CC=C1. The van der Waals surface area contributed by atoms with Gasteiger partial charge < -0.3 is 5.73 Å². The Hall–Kier alpha value is -3.11. The lowest BCUT2D eigenvalue weighted by Crippen LogP contribution is -2.35. The van der Waals surface area contributed by atoms with E-state index < -0.39 is 10.2 Å². The topological polar surface area (TPSA) is 131 Å². The number of hydrogen-bond donors (Lipinski definition) is 2. The van der Waals surface area contributed by atoms with E-state index in [1.54, 1.807) is 30.5 Å². The Morgan fingerprint density at radius 3 is 2.79 bits per heavy atom.